The molecular formula is C14H30Cl2N2O. The van der Waals surface area contributed by atoms with Gasteiger partial charge in [0.25, 0.3) is 0 Å². The number of likely N-dealkylation sites (tertiary alicyclic amines) is 2. The topological polar surface area (TPSA) is 26.7 Å². The van der Waals surface area contributed by atoms with Gasteiger partial charge < -0.3 is 14.9 Å². The first-order valence-electron chi connectivity index (χ1n) is 8.80. The van der Waals surface area contributed by atoms with Crippen molar-refractivity contribution in [1.29, 1.82) is 0 Å². The quantitative estimate of drug-likeness (QED) is 0.808. The van der Waals surface area contributed by atoms with Crippen LogP contribution >= 0.6 is 24.0 Å². The van der Waals surface area contributed by atoms with Gasteiger partial charge >= 0.3 is 0 Å². The number of alkyl halides is 1. The SMILES string of the molecule is Cl.[2H]C([2H])(Cl)C[C@H]1CCCN1C.[2H]C([2H])(O)C[C@H]1CCCN1C. The molecule has 0 spiro atoms. The Morgan fingerprint density at radius 2 is 1.58 bits per heavy atom. The maximum Gasteiger partial charge on any atom is 0.0564 e. The Labute approximate surface area is 135 Å². The third-order valence-electron chi connectivity index (χ3n) is 3.98. The molecule has 2 aliphatic heterocycles. The van der Waals surface area contributed by atoms with Gasteiger partial charge in [0.05, 0.1) is 2.74 Å². The van der Waals surface area contributed by atoms with E-state index in [0.29, 0.717) is 12.5 Å². The predicted octanol–water partition coefficient (Wildman–Crippen LogP) is 2.59. The lowest BCUT2D eigenvalue weighted by Gasteiger charge is -2.17. The largest absolute Gasteiger partial charge is 0.396 e. The summed E-state index contributed by atoms with van der Waals surface area (Å²) in [6.45, 7) is 0.113. The van der Waals surface area contributed by atoms with E-state index < -0.39 is 12.4 Å². The van der Waals surface area contributed by atoms with Gasteiger partial charge in [-0.15, -0.1) is 24.0 Å². The number of hydrogen-bond donors (Lipinski definition) is 1. The summed E-state index contributed by atoms with van der Waals surface area (Å²) in [5.41, 5.74) is 0. The van der Waals surface area contributed by atoms with Crippen molar-refractivity contribution in [2.45, 2.75) is 50.6 Å². The van der Waals surface area contributed by atoms with Crippen molar-refractivity contribution in [3.8, 4) is 0 Å². The summed E-state index contributed by atoms with van der Waals surface area (Å²) in [5.74, 6) is -1.52. The summed E-state index contributed by atoms with van der Waals surface area (Å²) in [7, 11) is 4.00. The molecule has 19 heavy (non-hydrogen) atoms. The third kappa shape index (κ3) is 7.14. The van der Waals surface area contributed by atoms with Gasteiger partial charge in [0.15, 0.2) is 0 Å². The van der Waals surface area contributed by atoms with Gasteiger partial charge in [0.1, 0.15) is 0 Å². The molecule has 3 nitrogen and oxygen atoms in total. The van der Waals surface area contributed by atoms with E-state index >= 15 is 0 Å². The first-order valence-corrected chi connectivity index (χ1v) is 7.17. The summed E-state index contributed by atoms with van der Waals surface area (Å²) < 4.78 is 28.3. The van der Waals surface area contributed by atoms with Crippen LogP contribution in [0.5, 0.6) is 0 Å². The fraction of sp³-hybridized carbons (Fsp3) is 1.00. The van der Waals surface area contributed by atoms with Crippen LogP contribution < -0.4 is 0 Å². The molecule has 0 bridgehead atoms. The highest BCUT2D eigenvalue weighted by Gasteiger charge is 2.19. The van der Waals surface area contributed by atoms with E-state index in [0.717, 1.165) is 32.4 Å². The molecule has 116 valence electrons. The van der Waals surface area contributed by atoms with Crippen molar-refractivity contribution in [3.05, 3.63) is 0 Å². The number of nitrogens with zero attached hydrogens (tertiary/aromatic N) is 2. The molecule has 2 fully saturated rings. The third-order valence-corrected chi connectivity index (χ3v) is 4.14. The first-order chi connectivity index (χ1) is 9.98. The Bertz CT molecular complexity index is 308. The standard InChI is InChI=1S/C7H14ClN.C7H15NO.ClH/c1-9-6-2-3-7(9)4-5-8;1-8-5-2-3-7(8)4-6-9;/h7H,2-6H2,1H3;7,9H,2-6H2,1H3;1H/t2*7-;/m11./s1/i5D2;6D2;. The monoisotopic (exact) mass is 316 g/mol. The minimum absolute atomic E-state index is 0. The van der Waals surface area contributed by atoms with E-state index in [-0.39, 0.29) is 24.9 Å². The molecule has 0 radical (unpaired) electrons. The van der Waals surface area contributed by atoms with E-state index in [4.69, 9.17) is 22.2 Å². The van der Waals surface area contributed by atoms with Crippen molar-refractivity contribution >= 4 is 24.0 Å². The second kappa shape index (κ2) is 11.2. The van der Waals surface area contributed by atoms with Gasteiger partial charge in [-0.25, -0.2) is 0 Å². The molecule has 5 heteroatoms. The van der Waals surface area contributed by atoms with Gasteiger partial charge in [-0.05, 0) is 65.7 Å². The smallest absolute Gasteiger partial charge is 0.0564 e. The first kappa shape index (κ1) is 13.1. The second-order valence-electron chi connectivity index (χ2n) is 5.25. The molecule has 2 heterocycles. The van der Waals surface area contributed by atoms with Gasteiger partial charge in [0, 0.05) is 27.2 Å². The maximum atomic E-state index is 8.90. The molecule has 0 unspecified atom stereocenters. The molecule has 0 aliphatic carbocycles. The number of halogens is 2. The summed E-state index contributed by atoms with van der Waals surface area (Å²) in [4.78, 5) is 4.29. The van der Waals surface area contributed by atoms with Crippen LogP contribution in [0.4, 0.5) is 0 Å². The minimum Gasteiger partial charge on any atom is -0.396 e. The Balaban J connectivity index is 0.000000403. The van der Waals surface area contributed by atoms with Crippen molar-refractivity contribution in [2.75, 3.05) is 39.6 Å². The van der Waals surface area contributed by atoms with Crippen LogP contribution in [0.3, 0.4) is 0 Å². The zero-order valence-electron chi connectivity index (χ0n) is 15.9. The summed E-state index contributed by atoms with van der Waals surface area (Å²) in [6.07, 6.45) is 5.08. The van der Waals surface area contributed by atoms with Crippen LogP contribution in [0.2, 0.25) is 0 Å². The fourth-order valence-corrected chi connectivity index (χ4v) is 2.85. The molecule has 0 amide bonds. The van der Waals surface area contributed by atoms with Gasteiger partial charge in [-0.1, -0.05) is 0 Å². The summed E-state index contributed by atoms with van der Waals surface area (Å²) in [6, 6.07) is 0.581. The molecule has 0 saturated carbocycles. The lowest BCUT2D eigenvalue weighted by molar-refractivity contribution is 0.220. The molecular weight excluding hydrogens is 283 g/mol. The molecule has 0 aromatic heterocycles. The molecule has 2 rings (SSSR count). The average molecular weight is 317 g/mol. The van der Waals surface area contributed by atoms with Crippen LogP contribution in [0.15, 0.2) is 0 Å². The summed E-state index contributed by atoms with van der Waals surface area (Å²) >= 11 is 5.49. The predicted molar refractivity (Wildman–Crippen MR) is 85.6 cm³/mol. The normalized spacial score (nSPS) is 32.4. The highest BCUT2D eigenvalue weighted by Crippen LogP contribution is 2.17. The van der Waals surface area contributed by atoms with Crippen LogP contribution in [0, 0.1) is 0 Å². The Morgan fingerprint density at radius 1 is 1.11 bits per heavy atom. The molecule has 0 aromatic carbocycles. The molecule has 2 aliphatic rings. The van der Waals surface area contributed by atoms with Gasteiger partial charge in [-0.3, -0.25) is 0 Å². The highest BCUT2D eigenvalue weighted by molar-refractivity contribution is 6.17. The van der Waals surface area contributed by atoms with E-state index in [1.807, 2.05) is 14.1 Å². The number of aliphatic hydroxyl groups is 1. The van der Waals surface area contributed by atoms with E-state index in [1.54, 1.807) is 0 Å². The average Bonchev–Trinajstić information content (AvgIpc) is 2.87. The van der Waals surface area contributed by atoms with E-state index in [2.05, 4.69) is 9.80 Å². The van der Waals surface area contributed by atoms with Crippen LogP contribution in [-0.2, 0) is 0 Å². The lowest BCUT2D eigenvalue weighted by Crippen LogP contribution is -2.25. The van der Waals surface area contributed by atoms with Crippen molar-refractivity contribution in [3.63, 3.8) is 0 Å². The second-order valence-corrected chi connectivity index (χ2v) is 5.52. The molecule has 2 atom stereocenters. The molecule has 2 saturated heterocycles. The van der Waals surface area contributed by atoms with Crippen molar-refractivity contribution in [2.24, 2.45) is 0 Å². The van der Waals surface area contributed by atoms with Gasteiger partial charge in [-0.2, -0.15) is 0 Å². The van der Waals surface area contributed by atoms with Crippen LogP contribution in [0.1, 0.15) is 44.0 Å². The van der Waals surface area contributed by atoms with E-state index in [1.165, 1.54) is 6.42 Å². The molecule has 1 N–H and O–H groups in total. The highest BCUT2D eigenvalue weighted by atomic mass is 35.5. The van der Waals surface area contributed by atoms with E-state index in [9.17, 15) is 0 Å². The van der Waals surface area contributed by atoms with Gasteiger partial charge in [0.2, 0.25) is 0 Å². The Morgan fingerprint density at radius 3 is 1.89 bits per heavy atom. The lowest BCUT2D eigenvalue weighted by atomic mass is 10.2. The number of rotatable bonds is 4. The maximum absolute atomic E-state index is 8.90. The zero-order chi connectivity index (χ0) is 17.0. The number of hydrogen-bond acceptors (Lipinski definition) is 3. The van der Waals surface area contributed by atoms with Crippen molar-refractivity contribution in [1.82, 2.24) is 9.80 Å². The molecule has 0 aromatic rings. The van der Waals surface area contributed by atoms with Crippen LogP contribution in [0.25, 0.3) is 0 Å². The fourth-order valence-electron chi connectivity index (χ4n) is 2.67. The Kier molecular flexibility index (Phi) is 7.72. The Hall–Kier alpha value is 0.460. The summed E-state index contributed by atoms with van der Waals surface area (Å²) in [5, 5.41) is 8.90. The zero-order valence-corrected chi connectivity index (χ0v) is 13.5. The van der Waals surface area contributed by atoms with Crippen LogP contribution in [-0.4, -0.2) is 66.6 Å². The van der Waals surface area contributed by atoms with Crippen molar-refractivity contribution < 1.29 is 10.6 Å². The minimum atomic E-state index is -2.00.